The summed E-state index contributed by atoms with van der Waals surface area (Å²) in [7, 11) is 0. The van der Waals surface area contributed by atoms with Gasteiger partial charge in [-0.05, 0) is 19.4 Å². The Morgan fingerprint density at radius 1 is 1.22 bits per heavy atom. The highest BCUT2D eigenvalue weighted by atomic mass is 35.5. The first-order chi connectivity index (χ1) is 13.1. The summed E-state index contributed by atoms with van der Waals surface area (Å²) in [5.74, 6) is -0.182. The molecule has 0 N–H and O–H groups in total. The number of hydrogen-bond donors (Lipinski definition) is 0. The average Bonchev–Trinajstić information content (AvgIpc) is 2.69. The van der Waals surface area contributed by atoms with Gasteiger partial charge in [-0.2, -0.15) is 0 Å². The molecule has 144 valence electrons. The molecule has 1 aliphatic rings. The van der Waals surface area contributed by atoms with E-state index in [1.807, 2.05) is 6.07 Å². The van der Waals surface area contributed by atoms with Gasteiger partial charge in [0.2, 0.25) is 5.95 Å². The van der Waals surface area contributed by atoms with Gasteiger partial charge in [-0.25, -0.2) is 9.97 Å². The van der Waals surface area contributed by atoms with Gasteiger partial charge in [0.05, 0.1) is 12.5 Å². The monoisotopic (exact) mass is 388 g/mol. The minimum absolute atomic E-state index is 0.312. The number of nitrogens with zero attached hydrogens (tertiary/aromatic N) is 4. The SMILES string of the molecule is CCOC(=O)C(C)c1cnc(N2CCN(Cc3ccccc3)CC2)nc1Cl. The Hall–Kier alpha value is -2.18. The maximum Gasteiger partial charge on any atom is 0.313 e. The molecule has 6 nitrogen and oxygen atoms in total. The molecule has 2 aromatic rings. The number of hydrogen-bond acceptors (Lipinski definition) is 6. The molecular formula is C20H25ClN4O2. The van der Waals surface area contributed by atoms with E-state index >= 15 is 0 Å². The van der Waals surface area contributed by atoms with Crippen molar-refractivity contribution in [3.8, 4) is 0 Å². The zero-order chi connectivity index (χ0) is 19.2. The normalized spacial score (nSPS) is 16.2. The van der Waals surface area contributed by atoms with Crippen LogP contribution in [0.1, 0.15) is 30.9 Å². The minimum Gasteiger partial charge on any atom is -0.466 e. The van der Waals surface area contributed by atoms with Crippen LogP contribution in [-0.2, 0) is 16.1 Å². The lowest BCUT2D eigenvalue weighted by molar-refractivity contribution is -0.144. The predicted molar refractivity (Wildman–Crippen MR) is 106 cm³/mol. The van der Waals surface area contributed by atoms with Gasteiger partial charge in [0, 0.05) is 44.5 Å². The van der Waals surface area contributed by atoms with Crippen molar-refractivity contribution in [2.75, 3.05) is 37.7 Å². The van der Waals surface area contributed by atoms with Gasteiger partial charge in [0.15, 0.2) is 0 Å². The Labute approximate surface area is 165 Å². The Bertz CT molecular complexity index is 764. The first kappa shape index (κ1) is 19.6. The number of esters is 1. The highest BCUT2D eigenvalue weighted by Crippen LogP contribution is 2.25. The largest absolute Gasteiger partial charge is 0.466 e. The molecule has 1 aromatic heterocycles. The quantitative estimate of drug-likeness (QED) is 0.559. The molecule has 7 heteroatoms. The third-order valence-electron chi connectivity index (χ3n) is 4.77. The third-order valence-corrected chi connectivity index (χ3v) is 5.07. The van der Waals surface area contributed by atoms with Gasteiger partial charge >= 0.3 is 5.97 Å². The predicted octanol–water partition coefficient (Wildman–Crippen LogP) is 3.12. The maximum atomic E-state index is 11.9. The molecule has 0 radical (unpaired) electrons. The summed E-state index contributed by atoms with van der Waals surface area (Å²) in [5, 5.41) is 0.312. The van der Waals surface area contributed by atoms with Crippen molar-refractivity contribution >= 4 is 23.5 Å². The fraction of sp³-hybridized carbons (Fsp3) is 0.450. The average molecular weight is 389 g/mol. The third kappa shape index (κ3) is 4.96. The molecule has 0 bridgehead atoms. The van der Waals surface area contributed by atoms with Crippen LogP contribution in [0, 0.1) is 0 Å². The van der Waals surface area contributed by atoms with Crippen molar-refractivity contribution < 1.29 is 9.53 Å². The second-order valence-corrected chi connectivity index (χ2v) is 7.00. The van der Waals surface area contributed by atoms with Crippen LogP contribution in [0.2, 0.25) is 5.15 Å². The number of benzene rings is 1. The van der Waals surface area contributed by atoms with Crippen LogP contribution < -0.4 is 4.90 Å². The Morgan fingerprint density at radius 2 is 1.93 bits per heavy atom. The van der Waals surface area contributed by atoms with Crippen LogP contribution >= 0.6 is 11.6 Å². The molecule has 1 unspecified atom stereocenters. The molecule has 1 atom stereocenters. The van der Waals surface area contributed by atoms with Crippen LogP contribution in [0.5, 0.6) is 0 Å². The van der Waals surface area contributed by atoms with Crippen molar-refractivity contribution in [3.05, 3.63) is 52.8 Å². The summed E-state index contributed by atoms with van der Waals surface area (Å²) in [5.41, 5.74) is 1.92. The number of anilines is 1. The van der Waals surface area contributed by atoms with E-state index in [-0.39, 0.29) is 5.97 Å². The van der Waals surface area contributed by atoms with Crippen LogP contribution in [-0.4, -0.2) is 53.6 Å². The lowest BCUT2D eigenvalue weighted by Gasteiger charge is -2.34. The number of carbonyl (C=O) groups is 1. The highest BCUT2D eigenvalue weighted by molar-refractivity contribution is 6.30. The number of aromatic nitrogens is 2. The second-order valence-electron chi connectivity index (χ2n) is 6.64. The summed E-state index contributed by atoms with van der Waals surface area (Å²) in [6.07, 6.45) is 1.64. The standard InChI is InChI=1S/C20H25ClN4O2/c1-3-27-19(26)15(2)17-13-22-20(23-18(17)21)25-11-9-24(10-12-25)14-16-7-5-4-6-8-16/h4-8,13,15H,3,9-12,14H2,1-2H3. The summed E-state index contributed by atoms with van der Waals surface area (Å²) in [6.45, 7) is 8.40. The lowest BCUT2D eigenvalue weighted by Crippen LogP contribution is -2.46. The molecule has 0 saturated carbocycles. The molecule has 0 spiro atoms. The minimum atomic E-state index is -0.478. The zero-order valence-corrected chi connectivity index (χ0v) is 16.5. The van der Waals surface area contributed by atoms with E-state index in [1.54, 1.807) is 20.0 Å². The van der Waals surface area contributed by atoms with Crippen molar-refractivity contribution in [2.45, 2.75) is 26.3 Å². The first-order valence-electron chi connectivity index (χ1n) is 9.28. The summed E-state index contributed by atoms with van der Waals surface area (Å²) in [6, 6.07) is 10.5. The van der Waals surface area contributed by atoms with Crippen molar-refractivity contribution in [2.24, 2.45) is 0 Å². The molecule has 1 aromatic carbocycles. The van der Waals surface area contributed by atoms with E-state index < -0.39 is 5.92 Å². The van der Waals surface area contributed by atoms with Gasteiger partial charge in [0.1, 0.15) is 5.15 Å². The van der Waals surface area contributed by atoms with Gasteiger partial charge in [-0.3, -0.25) is 9.69 Å². The maximum absolute atomic E-state index is 11.9. The van der Waals surface area contributed by atoms with Crippen LogP contribution in [0.3, 0.4) is 0 Å². The summed E-state index contributed by atoms with van der Waals surface area (Å²) >= 11 is 6.33. The molecule has 0 aliphatic carbocycles. The van der Waals surface area contributed by atoms with Crippen LogP contribution in [0.15, 0.2) is 36.5 Å². The highest BCUT2D eigenvalue weighted by Gasteiger charge is 2.23. The molecular weight excluding hydrogens is 364 g/mol. The Kier molecular flexibility index (Phi) is 6.63. The topological polar surface area (TPSA) is 58.6 Å². The van der Waals surface area contributed by atoms with E-state index in [1.165, 1.54) is 5.56 Å². The van der Waals surface area contributed by atoms with E-state index in [9.17, 15) is 4.79 Å². The molecule has 1 saturated heterocycles. The lowest BCUT2D eigenvalue weighted by atomic mass is 10.1. The molecule has 3 rings (SSSR count). The summed E-state index contributed by atoms with van der Waals surface area (Å²) < 4.78 is 5.05. The van der Waals surface area contributed by atoms with Crippen molar-refractivity contribution in [1.29, 1.82) is 0 Å². The Balaban J connectivity index is 1.60. The molecule has 0 amide bonds. The fourth-order valence-corrected chi connectivity index (χ4v) is 3.43. The zero-order valence-electron chi connectivity index (χ0n) is 15.8. The first-order valence-corrected chi connectivity index (χ1v) is 9.66. The van der Waals surface area contributed by atoms with Crippen molar-refractivity contribution in [3.63, 3.8) is 0 Å². The molecule has 1 fully saturated rings. The molecule has 27 heavy (non-hydrogen) atoms. The number of rotatable bonds is 6. The smallest absolute Gasteiger partial charge is 0.313 e. The number of ether oxygens (including phenoxy) is 1. The fourth-order valence-electron chi connectivity index (χ4n) is 3.15. The van der Waals surface area contributed by atoms with E-state index in [2.05, 4.69) is 44.0 Å². The second kappa shape index (κ2) is 9.15. The Morgan fingerprint density at radius 3 is 2.56 bits per heavy atom. The van der Waals surface area contributed by atoms with Gasteiger partial charge in [-0.1, -0.05) is 41.9 Å². The summed E-state index contributed by atoms with van der Waals surface area (Å²) in [4.78, 5) is 25.3. The number of piperazine rings is 1. The van der Waals surface area contributed by atoms with Gasteiger partial charge < -0.3 is 9.64 Å². The van der Waals surface area contributed by atoms with E-state index in [4.69, 9.17) is 16.3 Å². The number of halogens is 1. The van der Waals surface area contributed by atoms with Crippen LogP contribution in [0.25, 0.3) is 0 Å². The molecule has 2 heterocycles. The number of carbonyl (C=O) groups excluding carboxylic acids is 1. The van der Waals surface area contributed by atoms with Gasteiger partial charge in [0.25, 0.3) is 0 Å². The van der Waals surface area contributed by atoms with E-state index in [0.717, 1.165) is 32.7 Å². The van der Waals surface area contributed by atoms with Crippen molar-refractivity contribution in [1.82, 2.24) is 14.9 Å². The van der Waals surface area contributed by atoms with Crippen LogP contribution in [0.4, 0.5) is 5.95 Å². The van der Waals surface area contributed by atoms with Gasteiger partial charge in [-0.15, -0.1) is 0 Å². The molecule has 1 aliphatic heterocycles. The van der Waals surface area contributed by atoms with E-state index in [0.29, 0.717) is 23.3 Å².